The molecular weight excluding hydrogens is 164 g/mol. The molecule has 13 heavy (non-hydrogen) atoms. The SMILES string of the molecule is COc1cccnc1[C@H](N)C(C)C. The topological polar surface area (TPSA) is 48.1 Å². The fraction of sp³-hybridized carbons (Fsp3) is 0.500. The zero-order valence-electron chi connectivity index (χ0n) is 8.32. The minimum atomic E-state index is -0.0591. The predicted octanol–water partition coefficient (Wildman–Crippen LogP) is 1.75. The Kier molecular flexibility index (Phi) is 3.25. The van der Waals surface area contributed by atoms with Gasteiger partial charge in [-0.15, -0.1) is 0 Å². The van der Waals surface area contributed by atoms with Gasteiger partial charge in [0.2, 0.25) is 0 Å². The first kappa shape index (κ1) is 9.99. The average Bonchev–Trinajstić information content (AvgIpc) is 2.16. The van der Waals surface area contributed by atoms with Crippen molar-refractivity contribution in [1.82, 2.24) is 4.98 Å². The monoisotopic (exact) mass is 180 g/mol. The normalized spacial score (nSPS) is 13.0. The standard InChI is InChI=1S/C10H16N2O/c1-7(2)9(11)10-8(13-3)5-4-6-12-10/h4-7,9H,11H2,1-3H3/t9-/m1/s1. The molecule has 1 rings (SSSR count). The number of nitrogens with zero attached hydrogens (tertiary/aromatic N) is 1. The van der Waals surface area contributed by atoms with E-state index < -0.39 is 0 Å². The van der Waals surface area contributed by atoms with E-state index in [1.165, 1.54) is 0 Å². The van der Waals surface area contributed by atoms with Crippen LogP contribution >= 0.6 is 0 Å². The molecule has 0 aliphatic heterocycles. The summed E-state index contributed by atoms with van der Waals surface area (Å²) in [4.78, 5) is 4.22. The number of ether oxygens (including phenoxy) is 1. The van der Waals surface area contributed by atoms with Crippen LogP contribution in [0.15, 0.2) is 18.3 Å². The lowest BCUT2D eigenvalue weighted by Gasteiger charge is -2.17. The molecule has 1 heterocycles. The van der Waals surface area contributed by atoms with Crippen molar-refractivity contribution in [3.05, 3.63) is 24.0 Å². The molecule has 0 bridgehead atoms. The van der Waals surface area contributed by atoms with Gasteiger partial charge in [-0.3, -0.25) is 4.98 Å². The lowest BCUT2D eigenvalue weighted by Crippen LogP contribution is -2.18. The van der Waals surface area contributed by atoms with Crippen molar-refractivity contribution in [2.45, 2.75) is 19.9 Å². The van der Waals surface area contributed by atoms with E-state index >= 15 is 0 Å². The molecule has 3 heteroatoms. The Morgan fingerprint density at radius 2 is 2.15 bits per heavy atom. The van der Waals surface area contributed by atoms with E-state index in [1.54, 1.807) is 13.3 Å². The molecule has 0 spiro atoms. The second-order valence-corrected chi connectivity index (χ2v) is 3.36. The van der Waals surface area contributed by atoms with Gasteiger partial charge in [0.15, 0.2) is 0 Å². The molecule has 1 aromatic heterocycles. The molecule has 1 atom stereocenters. The predicted molar refractivity (Wildman–Crippen MR) is 52.6 cm³/mol. The molecule has 0 fully saturated rings. The molecule has 2 N–H and O–H groups in total. The van der Waals surface area contributed by atoms with Crippen molar-refractivity contribution >= 4 is 0 Å². The Balaban J connectivity index is 2.98. The third-order valence-electron chi connectivity index (χ3n) is 2.05. The van der Waals surface area contributed by atoms with Gasteiger partial charge in [-0.2, -0.15) is 0 Å². The van der Waals surface area contributed by atoms with Crippen LogP contribution in [0.2, 0.25) is 0 Å². The quantitative estimate of drug-likeness (QED) is 0.770. The maximum absolute atomic E-state index is 5.97. The number of methoxy groups -OCH3 is 1. The molecule has 72 valence electrons. The Bertz CT molecular complexity index is 273. The van der Waals surface area contributed by atoms with Gasteiger partial charge in [-0.1, -0.05) is 13.8 Å². The first-order chi connectivity index (χ1) is 6.16. The zero-order chi connectivity index (χ0) is 9.84. The van der Waals surface area contributed by atoms with Crippen LogP contribution in [-0.4, -0.2) is 12.1 Å². The van der Waals surface area contributed by atoms with Crippen LogP contribution in [0.4, 0.5) is 0 Å². The van der Waals surface area contributed by atoms with Crippen LogP contribution in [0, 0.1) is 5.92 Å². The minimum absolute atomic E-state index is 0.0591. The van der Waals surface area contributed by atoms with Gasteiger partial charge in [-0.25, -0.2) is 0 Å². The molecule has 3 nitrogen and oxygen atoms in total. The van der Waals surface area contributed by atoms with E-state index in [2.05, 4.69) is 18.8 Å². The van der Waals surface area contributed by atoms with E-state index in [0.29, 0.717) is 5.92 Å². The van der Waals surface area contributed by atoms with Crippen molar-refractivity contribution in [2.24, 2.45) is 11.7 Å². The summed E-state index contributed by atoms with van der Waals surface area (Å²) in [6.45, 7) is 4.14. The lowest BCUT2D eigenvalue weighted by molar-refractivity contribution is 0.391. The molecule has 0 aliphatic rings. The van der Waals surface area contributed by atoms with Crippen molar-refractivity contribution in [2.75, 3.05) is 7.11 Å². The summed E-state index contributed by atoms with van der Waals surface area (Å²) in [5.41, 5.74) is 6.81. The minimum Gasteiger partial charge on any atom is -0.495 e. The highest BCUT2D eigenvalue weighted by Crippen LogP contribution is 2.25. The number of aromatic nitrogens is 1. The molecule has 0 unspecified atom stereocenters. The summed E-state index contributed by atoms with van der Waals surface area (Å²) in [5, 5.41) is 0. The molecule has 0 saturated carbocycles. The maximum atomic E-state index is 5.97. The van der Waals surface area contributed by atoms with Gasteiger partial charge in [0.1, 0.15) is 5.75 Å². The van der Waals surface area contributed by atoms with Crippen LogP contribution < -0.4 is 10.5 Å². The highest BCUT2D eigenvalue weighted by molar-refractivity contribution is 5.29. The van der Waals surface area contributed by atoms with Crippen molar-refractivity contribution < 1.29 is 4.74 Å². The number of hydrogen-bond acceptors (Lipinski definition) is 3. The van der Waals surface area contributed by atoms with Crippen LogP contribution in [0.5, 0.6) is 5.75 Å². The van der Waals surface area contributed by atoms with Crippen LogP contribution in [-0.2, 0) is 0 Å². The molecule has 1 aromatic rings. The third kappa shape index (κ3) is 2.18. The molecule has 0 aliphatic carbocycles. The van der Waals surface area contributed by atoms with Crippen LogP contribution in [0.25, 0.3) is 0 Å². The highest BCUT2D eigenvalue weighted by atomic mass is 16.5. The molecule has 0 radical (unpaired) electrons. The second-order valence-electron chi connectivity index (χ2n) is 3.36. The van der Waals surface area contributed by atoms with E-state index in [-0.39, 0.29) is 6.04 Å². The average molecular weight is 180 g/mol. The van der Waals surface area contributed by atoms with Gasteiger partial charge in [-0.05, 0) is 18.1 Å². The second kappa shape index (κ2) is 4.23. The summed E-state index contributed by atoms with van der Waals surface area (Å²) < 4.78 is 5.17. The highest BCUT2D eigenvalue weighted by Gasteiger charge is 2.15. The Morgan fingerprint density at radius 3 is 2.69 bits per heavy atom. The first-order valence-electron chi connectivity index (χ1n) is 4.41. The molecule has 0 saturated heterocycles. The van der Waals surface area contributed by atoms with Crippen molar-refractivity contribution in [3.63, 3.8) is 0 Å². The number of rotatable bonds is 3. The van der Waals surface area contributed by atoms with Crippen LogP contribution in [0.3, 0.4) is 0 Å². The lowest BCUT2D eigenvalue weighted by atomic mass is 10.0. The van der Waals surface area contributed by atoms with E-state index in [0.717, 1.165) is 11.4 Å². The Morgan fingerprint density at radius 1 is 1.46 bits per heavy atom. The van der Waals surface area contributed by atoms with Gasteiger partial charge >= 0.3 is 0 Å². The number of hydrogen-bond donors (Lipinski definition) is 1. The van der Waals surface area contributed by atoms with Gasteiger partial charge in [0.25, 0.3) is 0 Å². The van der Waals surface area contributed by atoms with Crippen LogP contribution in [0.1, 0.15) is 25.6 Å². The van der Waals surface area contributed by atoms with Gasteiger partial charge in [0, 0.05) is 6.20 Å². The number of nitrogens with two attached hydrogens (primary N) is 1. The summed E-state index contributed by atoms with van der Waals surface area (Å²) in [5.74, 6) is 1.13. The fourth-order valence-electron chi connectivity index (χ4n) is 1.14. The van der Waals surface area contributed by atoms with E-state index in [4.69, 9.17) is 10.5 Å². The summed E-state index contributed by atoms with van der Waals surface area (Å²) >= 11 is 0. The van der Waals surface area contributed by atoms with E-state index in [9.17, 15) is 0 Å². The zero-order valence-corrected chi connectivity index (χ0v) is 8.32. The van der Waals surface area contributed by atoms with Crippen molar-refractivity contribution in [1.29, 1.82) is 0 Å². The third-order valence-corrected chi connectivity index (χ3v) is 2.05. The Labute approximate surface area is 78.9 Å². The largest absolute Gasteiger partial charge is 0.495 e. The van der Waals surface area contributed by atoms with Crippen molar-refractivity contribution in [3.8, 4) is 5.75 Å². The summed E-state index contributed by atoms with van der Waals surface area (Å²) in [6, 6.07) is 3.66. The molecule has 0 aromatic carbocycles. The summed E-state index contributed by atoms with van der Waals surface area (Å²) in [6.07, 6.45) is 1.74. The Hall–Kier alpha value is -1.09. The molecular formula is C10H16N2O. The first-order valence-corrected chi connectivity index (χ1v) is 4.41. The fourth-order valence-corrected chi connectivity index (χ4v) is 1.14. The van der Waals surface area contributed by atoms with Gasteiger partial charge in [0.05, 0.1) is 18.8 Å². The maximum Gasteiger partial charge on any atom is 0.141 e. The van der Waals surface area contributed by atoms with Gasteiger partial charge < -0.3 is 10.5 Å². The molecule has 0 amide bonds. The summed E-state index contributed by atoms with van der Waals surface area (Å²) in [7, 11) is 1.63. The number of pyridine rings is 1. The van der Waals surface area contributed by atoms with E-state index in [1.807, 2.05) is 12.1 Å². The smallest absolute Gasteiger partial charge is 0.141 e.